The van der Waals surface area contributed by atoms with Crippen molar-refractivity contribution in [3.63, 3.8) is 0 Å². The van der Waals surface area contributed by atoms with Gasteiger partial charge >= 0.3 is 0 Å². The van der Waals surface area contributed by atoms with Crippen molar-refractivity contribution in [1.82, 2.24) is 20.2 Å². The Morgan fingerprint density at radius 2 is 1.94 bits per heavy atom. The lowest BCUT2D eigenvalue weighted by atomic mass is 10.1. The van der Waals surface area contributed by atoms with Crippen LogP contribution in [-0.4, -0.2) is 50.3 Å². The third kappa shape index (κ3) is 6.17. The number of amides is 1. The van der Waals surface area contributed by atoms with E-state index in [9.17, 15) is 13.2 Å². The molecule has 0 spiro atoms. The van der Waals surface area contributed by atoms with Gasteiger partial charge in [-0.05, 0) is 31.4 Å². The quantitative estimate of drug-likeness (QED) is 0.548. The topological polar surface area (TPSA) is 133 Å². The number of ether oxygens (including phenoxy) is 2. The van der Waals surface area contributed by atoms with E-state index < -0.39 is 22.0 Å². The van der Waals surface area contributed by atoms with E-state index in [1.165, 1.54) is 12.1 Å². The molecule has 1 amide bonds. The van der Waals surface area contributed by atoms with Crippen LogP contribution in [0.4, 0.5) is 0 Å². The second-order valence-corrected chi connectivity index (χ2v) is 9.35. The number of fused-ring (bicyclic) bond motifs is 1. The summed E-state index contributed by atoms with van der Waals surface area (Å²) in [5.74, 6) is 1.29. The Morgan fingerprint density at radius 3 is 2.61 bits per heavy atom. The molecule has 1 aromatic heterocycles. The molecule has 0 bridgehead atoms. The molecule has 170 valence electrons. The van der Waals surface area contributed by atoms with Gasteiger partial charge in [-0.2, -0.15) is 9.71 Å². The highest BCUT2D eigenvalue weighted by Crippen LogP contribution is 2.32. The molecule has 10 nitrogen and oxygen atoms in total. The van der Waals surface area contributed by atoms with Crippen LogP contribution in [-0.2, 0) is 21.2 Å². The van der Waals surface area contributed by atoms with Gasteiger partial charge in [-0.3, -0.25) is 4.79 Å². The van der Waals surface area contributed by atoms with Crippen molar-refractivity contribution in [2.45, 2.75) is 51.0 Å². The Balaban J connectivity index is 1.61. The number of hydrogen-bond donors (Lipinski definition) is 2. The van der Waals surface area contributed by atoms with Gasteiger partial charge in [0.25, 0.3) is 0 Å². The lowest BCUT2D eigenvalue weighted by molar-refractivity contribution is -0.123. The number of aryl methyl sites for hydroxylation is 2. The minimum Gasteiger partial charge on any atom is -0.490 e. The Bertz CT molecular complexity index is 1000. The van der Waals surface area contributed by atoms with E-state index in [1.54, 1.807) is 26.8 Å². The molecule has 0 saturated heterocycles. The smallest absolute Gasteiger partial charge is 0.241 e. The zero-order valence-electron chi connectivity index (χ0n) is 17.9. The zero-order chi connectivity index (χ0) is 22.4. The number of sulfonamides is 1. The minimum absolute atomic E-state index is 0.0157. The highest BCUT2D eigenvalue weighted by Gasteiger charge is 2.29. The molecular formula is C20H28N4O6S. The van der Waals surface area contributed by atoms with Crippen LogP contribution in [0.15, 0.2) is 27.6 Å². The first-order valence-corrected chi connectivity index (χ1v) is 11.7. The average molecular weight is 453 g/mol. The fourth-order valence-electron chi connectivity index (χ4n) is 3.04. The number of carbonyl (C=O) groups excluding carboxylic acids is 1. The van der Waals surface area contributed by atoms with Crippen molar-refractivity contribution in [3.05, 3.63) is 29.9 Å². The zero-order valence-corrected chi connectivity index (χ0v) is 18.7. The maximum Gasteiger partial charge on any atom is 0.241 e. The van der Waals surface area contributed by atoms with Crippen LogP contribution in [0.1, 0.15) is 38.4 Å². The summed E-state index contributed by atoms with van der Waals surface area (Å²) in [5.41, 5.74) is 0. The van der Waals surface area contributed by atoms with Crippen LogP contribution in [0.5, 0.6) is 11.5 Å². The highest BCUT2D eigenvalue weighted by molar-refractivity contribution is 7.89. The van der Waals surface area contributed by atoms with Crippen molar-refractivity contribution in [3.8, 4) is 11.5 Å². The van der Waals surface area contributed by atoms with Crippen molar-refractivity contribution >= 4 is 15.9 Å². The maximum absolute atomic E-state index is 12.9. The summed E-state index contributed by atoms with van der Waals surface area (Å²) >= 11 is 0. The number of hydrogen-bond acceptors (Lipinski definition) is 8. The SMILES string of the molecule is Cc1noc(CCCNC(=O)C(NS(=O)(=O)c2ccc3c(c2)OCCCO3)C(C)C)n1. The van der Waals surface area contributed by atoms with Gasteiger partial charge in [0.05, 0.1) is 18.1 Å². The fourth-order valence-corrected chi connectivity index (χ4v) is 4.40. The standard InChI is InChI=1S/C20H28N4O6S/c1-13(2)19(20(25)21-9-4-6-18-22-14(3)23-30-18)24-31(26,27)15-7-8-16-17(12-15)29-11-5-10-28-16/h7-8,12-13,19,24H,4-6,9-11H2,1-3H3,(H,21,25). The Morgan fingerprint density at radius 1 is 1.19 bits per heavy atom. The molecule has 0 fully saturated rings. The molecule has 2 heterocycles. The number of benzene rings is 1. The Hall–Kier alpha value is -2.66. The molecule has 11 heteroatoms. The van der Waals surface area contributed by atoms with Crippen molar-refractivity contribution in [2.75, 3.05) is 19.8 Å². The second kappa shape index (κ2) is 10.1. The molecule has 0 aliphatic carbocycles. The fraction of sp³-hybridized carbons (Fsp3) is 0.550. The van der Waals surface area contributed by atoms with Gasteiger partial charge in [0, 0.05) is 25.5 Å². The highest BCUT2D eigenvalue weighted by atomic mass is 32.2. The van der Waals surface area contributed by atoms with E-state index in [-0.39, 0.29) is 10.8 Å². The first-order valence-electron chi connectivity index (χ1n) is 10.2. The summed E-state index contributed by atoms with van der Waals surface area (Å²) in [7, 11) is -3.95. The van der Waals surface area contributed by atoms with Gasteiger partial charge in [-0.1, -0.05) is 19.0 Å². The summed E-state index contributed by atoms with van der Waals surface area (Å²) in [6.07, 6.45) is 1.83. The molecular weight excluding hydrogens is 424 g/mol. The van der Waals surface area contributed by atoms with E-state index in [2.05, 4.69) is 20.2 Å². The molecule has 2 aromatic rings. The summed E-state index contributed by atoms with van der Waals surface area (Å²) in [4.78, 5) is 16.8. The van der Waals surface area contributed by atoms with Gasteiger partial charge in [0.2, 0.25) is 21.8 Å². The lowest BCUT2D eigenvalue weighted by Gasteiger charge is -2.22. The van der Waals surface area contributed by atoms with Gasteiger partial charge in [0.1, 0.15) is 6.04 Å². The van der Waals surface area contributed by atoms with E-state index in [1.807, 2.05) is 0 Å². The molecule has 1 aromatic carbocycles. The first-order chi connectivity index (χ1) is 14.8. The minimum atomic E-state index is -3.95. The lowest BCUT2D eigenvalue weighted by Crippen LogP contribution is -2.49. The van der Waals surface area contributed by atoms with Gasteiger partial charge in [-0.25, -0.2) is 8.42 Å². The van der Waals surface area contributed by atoms with E-state index >= 15 is 0 Å². The van der Waals surface area contributed by atoms with Gasteiger partial charge in [-0.15, -0.1) is 0 Å². The van der Waals surface area contributed by atoms with Crippen LogP contribution in [0.2, 0.25) is 0 Å². The predicted molar refractivity (Wildman–Crippen MR) is 111 cm³/mol. The second-order valence-electron chi connectivity index (χ2n) is 7.63. The summed E-state index contributed by atoms with van der Waals surface area (Å²) in [5, 5.41) is 6.49. The van der Waals surface area contributed by atoms with Crippen LogP contribution in [0.3, 0.4) is 0 Å². The number of carbonyl (C=O) groups is 1. The molecule has 0 radical (unpaired) electrons. The van der Waals surface area contributed by atoms with Crippen LogP contribution >= 0.6 is 0 Å². The third-order valence-corrected chi connectivity index (χ3v) is 6.14. The van der Waals surface area contributed by atoms with Crippen molar-refractivity contribution in [1.29, 1.82) is 0 Å². The monoisotopic (exact) mass is 452 g/mol. The largest absolute Gasteiger partial charge is 0.490 e. The van der Waals surface area contributed by atoms with Gasteiger partial charge in [0.15, 0.2) is 17.3 Å². The molecule has 0 saturated carbocycles. The molecule has 3 rings (SSSR count). The number of nitrogens with zero attached hydrogens (tertiary/aromatic N) is 2. The van der Waals surface area contributed by atoms with Gasteiger partial charge < -0.3 is 19.3 Å². The van der Waals surface area contributed by atoms with Crippen LogP contribution in [0, 0.1) is 12.8 Å². The first kappa shape index (κ1) is 23.0. The van der Waals surface area contributed by atoms with Crippen molar-refractivity contribution in [2.24, 2.45) is 5.92 Å². The maximum atomic E-state index is 12.9. The number of rotatable bonds is 9. The number of aromatic nitrogens is 2. The van der Waals surface area contributed by atoms with Crippen LogP contribution < -0.4 is 19.5 Å². The molecule has 1 atom stereocenters. The average Bonchev–Trinajstić information content (AvgIpc) is 2.99. The Kier molecular flexibility index (Phi) is 7.50. The van der Waals surface area contributed by atoms with E-state index in [0.717, 1.165) is 6.42 Å². The van der Waals surface area contributed by atoms with Crippen LogP contribution in [0.25, 0.3) is 0 Å². The van der Waals surface area contributed by atoms with Crippen molar-refractivity contribution < 1.29 is 27.2 Å². The third-order valence-electron chi connectivity index (χ3n) is 4.70. The predicted octanol–water partition coefficient (Wildman–Crippen LogP) is 1.59. The summed E-state index contributed by atoms with van der Waals surface area (Å²) < 4.78 is 44.5. The Labute approximate surface area is 181 Å². The molecule has 1 aliphatic rings. The number of nitrogens with one attached hydrogen (secondary N) is 2. The molecule has 1 aliphatic heterocycles. The summed E-state index contributed by atoms with van der Waals surface area (Å²) in [6.45, 7) is 6.61. The normalized spacial score (nSPS) is 14.8. The van der Waals surface area contributed by atoms with E-state index in [4.69, 9.17) is 14.0 Å². The van der Waals surface area contributed by atoms with E-state index in [0.29, 0.717) is 55.8 Å². The molecule has 31 heavy (non-hydrogen) atoms. The summed E-state index contributed by atoms with van der Waals surface area (Å²) in [6, 6.07) is 3.51. The molecule has 2 N–H and O–H groups in total. The molecule has 1 unspecified atom stereocenters.